The van der Waals surface area contributed by atoms with Crippen LogP contribution in [0.15, 0.2) is 91.4 Å². The summed E-state index contributed by atoms with van der Waals surface area (Å²) in [5, 5.41) is 14.5. The Morgan fingerprint density at radius 3 is 2.24 bits per heavy atom. The number of likely N-dealkylation sites (tertiary alicyclic amines) is 1. The van der Waals surface area contributed by atoms with Crippen LogP contribution < -0.4 is 35.8 Å². The van der Waals surface area contributed by atoms with Gasteiger partial charge in [0.25, 0.3) is 11.8 Å². The van der Waals surface area contributed by atoms with E-state index in [0.717, 1.165) is 104 Å². The van der Waals surface area contributed by atoms with Crippen molar-refractivity contribution in [2.45, 2.75) is 63.5 Å². The second-order valence-electron chi connectivity index (χ2n) is 21.1. The van der Waals surface area contributed by atoms with Crippen LogP contribution in [0.5, 0.6) is 5.75 Å². The average Bonchev–Trinajstić information content (AvgIpc) is 3.97. The third-order valence-corrected chi connectivity index (χ3v) is 17.8. The lowest BCUT2D eigenvalue weighted by molar-refractivity contribution is -0.136. The van der Waals surface area contributed by atoms with Crippen LogP contribution in [-0.4, -0.2) is 125 Å². The number of nitrogens with zero attached hydrogens (tertiary/aromatic N) is 8. The lowest BCUT2D eigenvalue weighted by Crippen LogP contribution is -2.54. The first kappa shape index (κ1) is 51.0. The summed E-state index contributed by atoms with van der Waals surface area (Å²) in [6.45, 7) is 8.28. The molecule has 4 amide bonds. The van der Waals surface area contributed by atoms with Crippen molar-refractivity contribution in [3.8, 4) is 28.0 Å². The fraction of sp³-hybridized carbons (Fsp3) is 0.375. The molecule has 1 unspecified atom stereocenters. The third kappa shape index (κ3) is 9.93. The molecule has 3 N–H and O–H groups in total. The number of ether oxygens (including phenoxy) is 1. The number of fused-ring (bicyclic) bond motifs is 1. The molecule has 0 bridgehead atoms. The van der Waals surface area contributed by atoms with E-state index in [0.29, 0.717) is 58.1 Å². The predicted molar refractivity (Wildman–Crippen MR) is 293 cm³/mol. The number of piperidine rings is 4. The van der Waals surface area contributed by atoms with E-state index in [1.165, 1.54) is 12.3 Å². The molecule has 7 heterocycles. The van der Waals surface area contributed by atoms with Crippen LogP contribution in [0.1, 0.15) is 72.1 Å². The van der Waals surface area contributed by atoms with E-state index >= 15 is 4.39 Å². The van der Waals surface area contributed by atoms with Gasteiger partial charge in [-0.3, -0.25) is 34.1 Å². The van der Waals surface area contributed by atoms with Crippen LogP contribution in [0.4, 0.5) is 38.9 Å². The maximum Gasteiger partial charge on any atom is 0.262 e. The maximum atomic E-state index is 16.0. The number of amides is 4. The number of halogens is 2. The molecule has 0 aliphatic carbocycles. The minimum Gasteiger partial charge on any atom is -0.494 e. The highest BCUT2D eigenvalue weighted by molar-refractivity contribution is 7.70. The minimum atomic E-state index is -2.76. The van der Waals surface area contributed by atoms with Gasteiger partial charge in [0.05, 0.1) is 47.7 Å². The number of carbonyl (C=O) groups excluding carboxylic acids is 4. The van der Waals surface area contributed by atoms with Gasteiger partial charge < -0.3 is 34.6 Å². The van der Waals surface area contributed by atoms with Gasteiger partial charge in [0.1, 0.15) is 29.8 Å². The van der Waals surface area contributed by atoms with E-state index in [2.05, 4.69) is 41.9 Å². The Balaban J connectivity index is 0.760. The van der Waals surface area contributed by atoms with Crippen LogP contribution >= 0.6 is 18.7 Å². The molecule has 4 aromatic carbocycles. The summed E-state index contributed by atoms with van der Waals surface area (Å²) >= 11 is 6.72. The van der Waals surface area contributed by atoms with E-state index in [4.69, 9.17) is 21.3 Å². The van der Waals surface area contributed by atoms with Crippen LogP contribution in [-0.2, 0) is 21.2 Å². The van der Waals surface area contributed by atoms with E-state index in [1.54, 1.807) is 25.1 Å². The zero-order chi connectivity index (χ0) is 53.0. The molecule has 5 aliphatic rings. The summed E-state index contributed by atoms with van der Waals surface area (Å²) in [6, 6.07) is 21.8. The molecule has 17 nitrogen and oxygen atoms in total. The number of rotatable bonds is 12. The van der Waals surface area contributed by atoms with Crippen molar-refractivity contribution in [3.05, 3.63) is 113 Å². The molecule has 11 rings (SSSR count). The highest BCUT2D eigenvalue weighted by Gasteiger charge is 2.46. The minimum absolute atomic E-state index is 0.0118. The second kappa shape index (κ2) is 20.4. The number of carbonyl (C=O) groups is 4. The standard InChI is InChI=1S/C56H60ClFN11O6P/c1-65-32-36(30-60-65)38-27-44(62-55-59-31-41(57)51(64-55)61-43-12-11-35(25-49(43)76(3,4)74)34-9-6-5-7-10-34)48(75-2)29-46(38)67-21-15-37(16-22-67)66-23-18-56(19-24-66)17-8-20-68(33-56)47-28-40-39(26-42(47)58)53(72)69(54(40)73)45-13-14-50(70)63-52(45)71/h5-7,9-12,25-32,37,45H,8,13-24,33H2,1-4H3,(H,63,70,71)(H2,59,61,62,64). The van der Waals surface area contributed by atoms with Crippen molar-refractivity contribution in [3.63, 3.8) is 0 Å². The molecule has 2 aromatic heterocycles. The molecular weight excluding hydrogens is 1010 g/mol. The number of aromatic nitrogens is 4. The zero-order valence-electron chi connectivity index (χ0n) is 42.9. The van der Waals surface area contributed by atoms with Crippen molar-refractivity contribution in [2.24, 2.45) is 12.5 Å². The quantitative estimate of drug-likeness (QED) is 0.0779. The van der Waals surface area contributed by atoms with Gasteiger partial charge in [-0.25, -0.2) is 9.37 Å². The molecular formula is C56H60ClFN11O6P. The van der Waals surface area contributed by atoms with Crippen LogP contribution in [0.25, 0.3) is 22.3 Å². The molecule has 1 atom stereocenters. The molecule has 20 heteroatoms. The maximum absolute atomic E-state index is 16.0. The first-order valence-electron chi connectivity index (χ1n) is 25.9. The number of nitrogens with one attached hydrogen (secondary N) is 3. The summed E-state index contributed by atoms with van der Waals surface area (Å²) in [7, 11) is 0.783. The Bertz CT molecular complexity index is 3340. The van der Waals surface area contributed by atoms with E-state index in [1.807, 2.05) is 78.9 Å². The molecule has 4 saturated heterocycles. The van der Waals surface area contributed by atoms with Gasteiger partial charge in [-0.2, -0.15) is 10.1 Å². The first-order valence-corrected chi connectivity index (χ1v) is 28.8. The van der Waals surface area contributed by atoms with Gasteiger partial charge in [-0.15, -0.1) is 0 Å². The van der Waals surface area contributed by atoms with Gasteiger partial charge in [-0.1, -0.05) is 48.0 Å². The summed E-state index contributed by atoms with van der Waals surface area (Å²) in [5.74, 6) is -1.83. The Morgan fingerprint density at radius 2 is 1.54 bits per heavy atom. The van der Waals surface area contributed by atoms with Crippen LogP contribution in [0.2, 0.25) is 5.02 Å². The van der Waals surface area contributed by atoms with Crippen LogP contribution in [0, 0.1) is 11.2 Å². The monoisotopic (exact) mass is 1070 g/mol. The Morgan fingerprint density at radius 1 is 0.789 bits per heavy atom. The summed E-state index contributed by atoms with van der Waals surface area (Å²) in [5.41, 5.74) is 6.51. The van der Waals surface area contributed by atoms with Gasteiger partial charge in [0, 0.05) is 80.1 Å². The molecule has 0 saturated carbocycles. The van der Waals surface area contributed by atoms with E-state index in [-0.39, 0.29) is 35.3 Å². The molecule has 0 radical (unpaired) electrons. The van der Waals surface area contributed by atoms with Gasteiger partial charge in [0.15, 0.2) is 5.82 Å². The predicted octanol–water partition coefficient (Wildman–Crippen LogP) is 8.83. The number of imide groups is 2. The smallest absolute Gasteiger partial charge is 0.262 e. The second-order valence-corrected chi connectivity index (χ2v) is 24.7. The molecule has 6 aromatic rings. The Kier molecular flexibility index (Phi) is 13.7. The average molecular weight is 1070 g/mol. The largest absolute Gasteiger partial charge is 0.494 e. The Hall–Kier alpha value is -7.14. The highest BCUT2D eigenvalue weighted by atomic mass is 35.5. The summed E-state index contributed by atoms with van der Waals surface area (Å²) < 4.78 is 37.5. The van der Waals surface area contributed by atoms with Crippen molar-refractivity contribution >= 4 is 82.2 Å². The number of aryl methyl sites for hydroxylation is 1. The summed E-state index contributed by atoms with van der Waals surface area (Å²) in [6.07, 6.45) is 11.2. The number of benzene rings is 4. The molecule has 76 heavy (non-hydrogen) atoms. The van der Waals surface area contributed by atoms with E-state index in [9.17, 15) is 23.7 Å². The lowest BCUT2D eigenvalue weighted by Gasteiger charge is -2.50. The topological polar surface area (TPSA) is 187 Å². The van der Waals surface area contributed by atoms with Crippen molar-refractivity contribution in [1.82, 2.24) is 34.9 Å². The lowest BCUT2D eigenvalue weighted by atomic mass is 9.72. The fourth-order valence-corrected chi connectivity index (χ4v) is 13.2. The normalized spacial score (nSPS) is 19.3. The van der Waals surface area contributed by atoms with E-state index < -0.39 is 42.6 Å². The molecule has 5 aliphatic heterocycles. The highest BCUT2D eigenvalue weighted by Crippen LogP contribution is 2.46. The van der Waals surface area contributed by atoms with Crippen LogP contribution in [0.3, 0.4) is 0 Å². The number of hydrogen-bond acceptors (Lipinski definition) is 14. The number of anilines is 6. The van der Waals surface area contributed by atoms with Crippen molar-refractivity contribution < 1.29 is 32.9 Å². The fourth-order valence-electron chi connectivity index (χ4n) is 11.9. The van der Waals surface area contributed by atoms with Gasteiger partial charge in [0.2, 0.25) is 17.8 Å². The molecule has 394 valence electrons. The van der Waals surface area contributed by atoms with Gasteiger partial charge >= 0.3 is 0 Å². The number of hydrogen-bond donors (Lipinski definition) is 3. The first-order chi connectivity index (χ1) is 36.5. The molecule has 4 fully saturated rings. The van der Waals surface area contributed by atoms with Crippen molar-refractivity contribution in [1.29, 1.82) is 0 Å². The summed E-state index contributed by atoms with van der Waals surface area (Å²) in [4.78, 5) is 68.7. The zero-order valence-corrected chi connectivity index (χ0v) is 44.6. The Labute approximate surface area is 445 Å². The third-order valence-electron chi connectivity index (χ3n) is 16.0. The molecule has 1 spiro atoms. The van der Waals surface area contributed by atoms with Crippen molar-refractivity contribution in [2.75, 3.05) is 80.1 Å². The van der Waals surface area contributed by atoms with Gasteiger partial charge in [-0.05, 0) is 118 Å². The number of methoxy groups -OCH3 is 1. The SMILES string of the molecule is COc1cc(N2CCC(N3CCC4(CCCN(c5cc6c(cc5F)C(=O)N(C5CCC(=O)NC5=O)C6=O)C4)CC3)CC2)c(-c2cnn(C)c2)cc1Nc1ncc(Cl)c(Nc2ccc(-c3ccccc3)cc2P(C)(C)=O)n1.